The smallest absolute Gasteiger partial charge is 0.244 e. The Hall–Kier alpha value is -2.67. The fourth-order valence-corrected chi connectivity index (χ4v) is 1.62. The number of rotatable bonds is 3. The standard InChI is InChI=1S/C15H13N3O/c1-2-12-5-9-15(10-6-12)18(19)17-14-7-3-13(11-16)4-8-14/h3-10H,2H2,1H3. The molecule has 0 saturated carbocycles. The van der Waals surface area contributed by atoms with Gasteiger partial charge in [0.15, 0.2) is 0 Å². The summed E-state index contributed by atoms with van der Waals surface area (Å²) in [4.78, 5) is 0.584. The maximum atomic E-state index is 11.9. The number of hydrogen-bond acceptors (Lipinski definition) is 3. The van der Waals surface area contributed by atoms with E-state index in [0.717, 1.165) is 6.42 Å². The van der Waals surface area contributed by atoms with Crippen molar-refractivity contribution in [1.82, 2.24) is 0 Å². The third-order valence-corrected chi connectivity index (χ3v) is 2.77. The Bertz CT molecular complexity index is 622. The van der Waals surface area contributed by atoms with Crippen LogP contribution in [0, 0.1) is 16.5 Å². The average Bonchev–Trinajstić information content (AvgIpc) is 2.48. The fourth-order valence-electron chi connectivity index (χ4n) is 1.62. The second-order valence-corrected chi connectivity index (χ2v) is 4.05. The van der Waals surface area contributed by atoms with Crippen molar-refractivity contribution in [2.45, 2.75) is 13.3 Å². The largest absolute Gasteiger partial charge is 0.594 e. The third-order valence-electron chi connectivity index (χ3n) is 2.77. The highest BCUT2D eigenvalue weighted by Gasteiger charge is 2.03. The summed E-state index contributed by atoms with van der Waals surface area (Å²) in [6.45, 7) is 2.06. The lowest BCUT2D eigenvalue weighted by Gasteiger charge is -2.01. The van der Waals surface area contributed by atoms with Gasteiger partial charge in [0.25, 0.3) is 0 Å². The van der Waals surface area contributed by atoms with E-state index in [1.165, 1.54) is 5.56 Å². The van der Waals surface area contributed by atoms with E-state index >= 15 is 0 Å². The van der Waals surface area contributed by atoms with E-state index in [2.05, 4.69) is 12.0 Å². The minimum Gasteiger partial charge on any atom is -0.594 e. The summed E-state index contributed by atoms with van der Waals surface area (Å²) in [6.07, 6.45) is 0.936. The first-order chi connectivity index (χ1) is 9.22. The molecule has 4 nitrogen and oxygen atoms in total. The van der Waals surface area contributed by atoms with Crippen LogP contribution < -0.4 is 0 Å². The van der Waals surface area contributed by atoms with Crippen molar-refractivity contribution in [3.63, 3.8) is 0 Å². The monoisotopic (exact) mass is 251 g/mol. The van der Waals surface area contributed by atoms with Crippen molar-refractivity contribution in [3.05, 3.63) is 64.9 Å². The highest BCUT2D eigenvalue weighted by Crippen LogP contribution is 2.18. The van der Waals surface area contributed by atoms with E-state index in [9.17, 15) is 5.21 Å². The van der Waals surface area contributed by atoms with E-state index in [0.29, 0.717) is 21.8 Å². The predicted octanol–water partition coefficient (Wildman–Crippen LogP) is 4.05. The topological polar surface area (TPSA) is 62.2 Å². The molecule has 0 aliphatic heterocycles. The zero-order valence-electron chi connectivity index (χ0n) is 10.6. The zero-order valence-corrected chi connectivity index (χ0v) is 10.6. The Balaban J connectivity index is 2.23. The fraction of sp³-hybridized carbons (Fsp3) is 0.133. The number of nitrogens with zero attached hydrogens (tertiary/aromatic N) is 3. The molecule has 0 aliphatic carbocycles. The lowest BCUT2D eigenvalue weighted by atomic mass is 10.2. The summed E-state index contributed by atoms with van der Waals surface area (Å²) in [7, 11) is 0. The maximum absolute atomic E-state index is 11.9. The van der Waals surface area contributed by atoms with Crippen molar-refractivity contribution in [1.29, 1.82) is 5.26 Å². The molecule has 0 atom stereocenters. The molecular formula is C15H13N3O. The number of nitriles is 1. The van der Waals surface area contributed by atoms with Crippen LogP contribution in [0.4, 0.5) is 11.4 Å². The molecule has 0 N–H and O–H groups in total. The van der Waals surface area contributed by atoms with Crippen LogP contribution in [0.2, 0.25) is 0 Å². The zero-order chi connectivity index (χ0) is 13.7. The lowest BCUT2D eigenvalue weighted by molar-refractivity contribution is -0.435. The van der Waals surface area contributed by atoms with Gasteiger partial charge in [-0.3, -0.25) is 0 Å². The highest BCUT2D eigenvalue weighted by atomic mass is 16.5. The Morgan fingerprint density at radius 3 is 2.26 bits per heavy atom. The molecule has 0 radical (unpaired) electrons. The van der Waals surface area contributed by atoms with Crippen molar-refractivity contribution in [3.8, 4) is 6.07 Å². The van der Waals surface area contributed by atoms with Gasteiger partial charge in [-0.15, -0.1) is 0 Å². The SMILES string of the molecule is CCc1ccc([N+]([O-])=Nc2ccc(C#N)cc2)cc1. The molecule has 4 heteroatoms. The van der Waals surface area contributed by atoms with Crippen molar-refractivity contribution in [2.75, 3.05) is 0 Å². The van der Waals surface area contributed by atoms with Gasteiger partial charge in [0, 0.05) is 17.2 Å². The first kappa shape index (κ1) is 12.8. The Morgan fingerprint density at radius 2 is 1.74 bits per heavy atom. The van der Waals surface area contributed by atoms with Crippen LogP contribution in [0.5, 0.6) is 0 Å². The summed E-state index contributed by atoms with van der Waals surface area (Å²) in [5.74, 6) is 0. The lowest BCUT2D eigenvalue weighted by Crippen LogP contribution is -1.91. The molecule has 94 valence electrons. The minimum absolute atomic E-state index is 0.488. The van der Waals surface area contributed by atoms with Crippen LogP contribution in [-0.2, 0) is 6.42 Å². The first-order valence-electron chi connectivity index (χ1n) is 6.01. The van der Waals surface area contributed by atoms with Gasteiger partial charge in [-0.1, -0.05) is 23.9 Å². The van der Waals surface area contributed by atoms with Crippen LogP contribution in [0.15, 0.2) is 53.6 Å². The summed E-state index contributed by atoms with van der Waals surface area (Å²) in [6, 6.07) is 15.9. The number of hydrogen-bond donors (Lipinski definition) is 0. The molecule has 0 fully saturated rings. The molecule has 2 aromatic rings. The van der Waals surface area contributed by atoms with Crippen LogP contribution in [0.25, 0.3) is 0 Å². The van der Waals surface area contributed by atoms with E-state index in [1.54, 1.807) is 36.4 Å². The van der Waals surface area contributed by atoms with E-state index in [4.69, 9.17) is 5.26 Å². The van der Waals surface area contributed by atoms with Crippen molar-refractivity contribution >= 4 is 11.4 Å². The van der Waals surface area contributed by atoms with Gasteiger partial charge in [-0.2, -0.15) is 5.26 Å². The van der Waals surface area contributed by atoms with E-state index in [1.807, 2.05) is 18.2 Å². The molecule has 2 rings (SSSR count). The molecule has 0 unspecified atom stereocenters. The molecule has 0 amide bonds. The van der Waals surface area contributed by atoms with Gasteiger partial charge in [0.1, 0.15) is 5.69 Å². The molecule has 0 heterocycles. The van der Waals surface area contributed by atoms with Crippen LogP contribution in [0.3, 0.4) is 0 Å². The number of azo groups is 1. The Morgan fingerprint density at radius 1 is 1.11 bits per heavy atom. The van der Waals surface area contributed by atoms with Gasteiger partial charge in [-0.25, -0.2) is 0 Å². The van der Waals surface area contributed by atoms with Gasteiger partial charge < -0.3 is 5.21 Å². The third kappa shape index (κ3) is 3.17. The molecule has 0 aliphatic rings. The molecule has 0 spiro atoms. The Labute approximate surface area is 111 Å². The molecule has 0 saturated heterocycles. The normalized spacial score (nSPS) is 11.1. The summed E-state index contributed by atoms with van der Waals surface area (Å²) in [5.41, 5.74) is 2.73. The molecule has 0 bridgehead atoms. The molecule has 19 heavy (non-hydrogen) atoms. The van der Waals surface area contributed by atoms with Crippen molar-refractivity contribution in [2.24, 2.45) is 5.11 Å². The predicted molar refractivity (Wildman–Crippen MR) is 72.4 cm³/mol. The van der Waals surface area contributed by atoms with Gasteiger partial charge in [-0.05, 0) is 36.2 Å². The summed E-state index contributed by atoms with van der Waals surface area (Å²) >= 11 is 0. The van der Waals surface area contributed by atoms with Gasteiger partial charge in [0.05, 0.1) is 11.6 Å². The van der Waals surface area contributed by atoms with Gasteiger partial charge in [0.2, 0.25) is 5.69 Å². The second-order valence-electron chi connectivity index (χ2n) is 4.05. The highest BCUT2D eigenvalue weighted by molar-refractivity contribution is 5.42. The van der Waals surface area contributed by atoms with E-state index < -0.39 is 0 Å². The molecule has 0 aromatic heterocycles. The summed E-state index contributed by atoms with van der Waals surface area (Å²) < 4.78 is 0. The molecular weight excluding hydrogens is 238 g/mol. The molecule has 2 aromatic carbocycles. The quantitative estimate of drug-likeness (QED) is 0.469. The first-order valence-corrected chi connectivity index (χ1v) is 6.01. The van der Waals surface area contributed by atoms with Crippen LogP contribution in [0.1, 0.15) is 18.1 Å². The second kappa shape index (κ2) is 5.78. The number of benzene rings is 2. The summed E-state index contributed by atoms with van der Waals surface area (Å²) in [5, 5.41) is 24.5. The van der Waals surface area contributed by atoms with Crippen LogP contribution >= 0.6 is 0 Å². The van der Waals surface area contributed by atoms with Crippen molar-refractivity contribution < 1.29 is 4.86 Å². The average molecular weight is 251 g/mol. The van der Waals surface area contributed by atoms with E-state index in [-0.39, 0.29) is 0 Å². The number of aryl methyl sites for hydroxylation is 1. The maximum Gasteiger partial charge on any atom is 0.244 e. The van der Waals surface area contributed by atoms with Crippen LogP contribution in [-0.4, -0.2) is 4.86 Å². The minimum atomic E-state index is 0.488. The Kier molecular flexibility index (Phi) is 3.89. The van der Waals surface area contributed by atoms with Gasteiger partial charge >= 0.3 is 0 Å².